The maximum Gasteiger partial charge on any atom is 0.253 e. The fraction of sp³-hybridized carbons (Fsp3) is 0.538. The lowest BCUT2D eigenvalue weighted by atomic mass is 10.2. The highest BCUT2D eigenvalue weighted by atomic mass is 16.2. The van der Waals surface area contributed by atoms with Crippen LogP contribution in [0.15, 0.2) is 18.3 Å². The van der Waals surface area contributed by atoms with Crippen LogP contribution < -0.4 is 5.32 Å². The maximum absolute atomic E-state index is 12.2. The van der Waals surface area contributed by atoms with Crippen LogP contribution in [0.1, 0.15) is 23.7 Å². The van der Waals surface area contributed by atoms with Crippen molar-refractivity contribution in [2.45, 2.75) is 13.3 Å². The number of amides is 1. The Kier molecular flexibility index (Phi) is 3.31. The van der Waals surface area contributed by atoms with Gasteiger partial charge in [0.2, 0.25) is 0 Å². The summed E-state index contributed by atoms with van der Waals surface area (Å²) in [5.74, 6) is 2.26. The zero-order chi connectivity index (χ0) is 12.4. The number of carbonyl (C=O) groups excluding carboxylic acids is 1. The standard InChI is InChI=1S/C13H19N3O/c1-9-6-11(9)8-16(3)13(17)10-4-5-15-12(7-10)14-2/h4-5,7,9,11H,6,8H2,1-3H3,(H,14,15). The Morgan fingerprint density at radius 2 is 2.35 bits per heavy atom. The van der Waals surface area contributed by atoms with Crippen molar-refractivity contribution in [2.24, 2.45) is 11.8 Å². The van der Waals surface area contributed by atoms with E-state index in [9.17, 15) is 4.79 Å². The zero-order valence-electron chi connectivity index (χ0n) is 10.6. The SMILES string of the molecule is CNc1cc(C(=O)N(C)CC2CC2C)ccn1. The molecule has 1 heterocycles. The first-order valence-corrected chi connectivity index (χ1v) is 6.01. The highest BCUT2D eigenvalue weighted by Crippen LogP contribution is 2.38. The Balaban J connectivity index is 2.02. The zero-order valence-corrected chi connectivity index (χ0v) is 10.6. The maximum atomic E-state index is 12.2. The highest BCUT2D eigenvalue weighted by Gasteiger charge is 2.34. The van der Waals surface area contributed by atoms with Crippen LogP contribution in [0.25, 0.3) is 0 Å². The molecule has 0 saturated heterocycles. The first-order valence-electron chi connectivity index (χ1n) is 6.01. The number of anilines is 1. The normalized spacial score (nSPS) is 22.1. The monoisotopic (exact) mass is 233 g/mol. The van der Waals surface area contributed by atoms with E-state index in [4.69, 9.17) is 0 Å². The molecule has 1 saturated carbocycles. The molecule has 0 radical (unpaired) electrons. The summed E-state index contributed by atoms with van der Waals surface area (Å²) in [6.45, 7) is 3.09. The van der Waals surface area contributed by atoms with E-state index in [1.54, 1.807) is 25.4 Å². The number of hydrogen-bond donors (Lipinski definition) is 1. The summed E-state index contributed by atoms with van der Waals surface area (Å²) < 4.78 is 0. The first kappa shape index (κ1) is 11.9. The second-order valence-corrected chi connectivity index (χ2v) is 4.84. The topological polar surface area (TPSA) is 45.2 Å². The van der Waals surface area contributed by atoms with Gasteiger partial charge in [0.05, 0.1) is 0 Å². The van der Waals surface area contributed by atoms with Crippen molar-refractivity contribution >= 4 is 11.7 Å². The summed E-state index contributed by atoms with van der Waals surface area (Å²) in [6, 6.07) is 3.55. The molecule has 0 spiro atoms. The van der Waals surface area contributed by atoms with Gasteiger partial charge in [-0.3, -0.25) is 4.79 Å². The van der Waals surface area contributed by atoms with Crippen molar-refractivity contribution in [1.29, 1.82) is 0 Å². The molecule has 1 N–H and O–H groups in total. The number of pyridine rings is 1. The number of rotatable bonds is 4. The van der Waals surface area contributed by atoms with Crippen molar-refractivity contribution in [3.05, 3.63) is 23.9 Å². The molecule has 2 rings (SSSR count). The summed E-state index contributed by atoms with van der Waals surface area (Å²) in [5.41, 5.74) is 0.695. The van der Waals surface area contributed by atoms with Crippen molar-refractivity contribution in [3.8, 4) is 0 Å². The van der Waals surface area contributed by atoms with E-state index >= 15 is 0 Å². The van der Waals surface area contributed by atoms with Gasteiger partial charge < -0.3 is 10.2 Å². The molecule has 2 unspecified atom stereocenters. The number of nitrogens with zero attached hydrogens (tertiary/aromatic N) is 2. The first-order chi connectivity index (χ1) is 8.11. The van der Waals surface area contributed by atoms with Crippen LogP contribution in [-0.4, -0.2) is 36.4 Å². The molecule has 4 heteroatoms. The molecular formula is C13H19N3O. The minimum Gasteiger partial charge on any atom is -0.373 e. The summed E-state index contributed by atoms with van der Waals surface area (Å²) in [4.78, 5) is 18.1. The highest BCUT2D eigenvalue weighted by molar-refractivity contribution is 5.94. The molecule has 92 valence electrons. The van der Waals surface area contributed by atoms with Crippen LogP contribution in [0, 0.1) is 11.8 Å². The third kappa shape index (κ3) is 2.75. The average molecular weight is 233 g/mol. The molecule has 0 aromatic carbocycles. The van der Waals surface area contributed by atoms with Crippen molar-refractivity contribution < 1.29 is 4.79 Å². The molecule has 1 fully saturated rings. The van der Waals surface area contributed by atoms with E-state index < -0.39 is 0 Å². The molecule has 17 heavy (non-hydrogen) atoms. The van der Waals surface area contributed by atoms with Crippen LogP contribution in [0.4, 0.5) is 5.82 Å². The van der Waals surface area contributed by atoms with Gasteiger partial charge in [0.1, 0.15) is 5.82 Å². The lowest BCUT2D eigenvalue weighted by Crippen LogP contribution is -2.29. The minimum absolute atomic E-state index is 0.0722. The Morgan fingerprint density at radius 1 is 1.65 bits per heavy atom. The van der Waals surface area contributed by atoms with Gasteiger partial charge in [0, 0.05) is 32.4 Å². The number of carbonyl (C=O) groups is 1. The van der Waals surface area contributed by atoms with E-state index in [1.807, 2.05) is 11.9 Å². The number of hydrogen-bond acceptors (Lipinski definition) is 3. The van der Waals surface area contributed by atoms with Gasteiger partial charge in [-0.05, 0) is 30.4 Å². The van der Waals surface area contributed by atoms with Crippen LogP contribution >= 0.6 is 0 Å². The molecular weight excluding hydrogens is 214 g/mol. The molecule has 1 aliphatic carbocycles. The van der Waals surface area contributed by atoms with Crippen molar-refractivity contribution in [1.82, 2.24) is 9.88 Å². The average Bonchev–Trinajstić information content (AvgIpc) is 3.04. The summed E-state index contributed by atoms with van der Waals surface area (Å²) in [7, 11) is 3.67. The molecule has 2 atom stereocenters. The third-order valence-electron chi connectivity index (χ3n) is 3.39. The van der Waals surface area contributed by atoms with E-state index in [0.29, 0.717) is 11.5 Å². The van der Waals surface area contributed by atoms with E-state index in [1.165, 1.54) is 6.42 Å². The van der Waals surface area contributed by atoms with E-state index in [-0.39, 0.29) is 5.91 Å². The van der Waals surface area contributed by atoms with Gasteiger partial charge in [-0.25, -0.2) is 4.98 Å². The lowest BCUT2D eigenvalue weighted by molar-refractivity contribution is 0.0787. The second-order valence-electron chi connectivity index (χ2n) is 4.84. The van der Waals surface area contributed by atoms with Crippen LogP contribution in [0.3, 0.4) is 0 Å². The van der Waals surface area contributed by atoms with Gasteiger partial charge >= 0.3 is 0 Å². The van der Waals surface area contributed by atoms with Crippen LogP contribution in [0.5, 0.6) is 0 Å². The molecule has 0 bridgehead atoms. The van der Waals surface area contributed by atoms with Crippen molar-refractivity contribution in [2.75, 3.05) is 26.0 Å². The van der Waals surface area contributed by atoms with Crippen LogP contribution in [0.2, 0.25) is 0 Å². The minimum atomic E-state index is 0.0722. The fourth-order valence-corrected chi connectivity index (χ4v) is 2.01. The summed E-state index contributed by atoms with van der Waals surface area (Å²) in [6.07, 6.45) is 2.91. The quantitative estimate of drug-likeness (QED) is 0.863. The predicted molar refractivity (Wildman–Crippen MR) is 68.0 cm³/mol. The number of aromatic nitrogens is 1. The van der Waals surface area contributed by atoms with Gasteiger partial charge in [-0.1, -0.05) is 6.92 Å². The van der Waals surface area contributed by atoms with E-state index in [2.05, 4.69) is 17.2 Å². The number of nitrogens with one attached hydrogen (secondary N) is 1. The van der Waals surface area contributed by atoms with Gasteiger partial charge in [0.25, 0.3) is 5.91 Å². The lowest BCUT2D eigenvalue weighted by Gasteiger charge is -2.17. The smallest absolute Gasteiger partial charge is 0.253 e. The molecule has 1 aromatic heterocycles. The Morgan fingerprint density at radius 3 is 2.94 bits per heavy atom. The summed E-state index contributed by atoms with van der Waals surface area (Å²) >= 11 is 0. The molecule has 4 nitrogen and oxygen atoms in total. The second kappa shape index (κ2) is 4.73. The molecule has 0 aliphatic heterocycles. The van der Waals surface area contributed by atoms with Crippen molar-refractivity contribution in [3.63, 3.8) is 0 Å². The fourth-order valence-electron chi connectivity index (χ4n) is 2.01. The van der Waals surface area contributed by atoms with E-state index in [0.717, 1.165) is 18.3 Å². The largest absolute Gasteiger partial charge is 0.373 e. The van der Waals surface area contributed by atoms with Gasteiger partial charge in [-0.15, -0.1) is 0 Å². The Labute approximate surface area is 102 Å². The molecule has 1 amide bonds. The Bertz CT molecular complexity index is 419. The van der Waals surface area contributed by atoms with Gasteiger partial charge in [-0.2, -0.15) is 0 Å². The predicted octanol–water partition coefficient (Wildman–Crippen LogP) is 1.85. The molecule has 1 aliphatic rings. The third-order valence-corrected chi connectivity index (χ3v) is 3.39. The van der Waals surface area contributed by atoms with Gasteiger partial charge in [0.15, 0.2) is 0 Å². The molecule has 1 aromatic rings. The van der Waals surface area contributed by atoms with Crippen LogP contribution in [-0.2, 0) is 0 Å². The Hall–Kier alpha value is -1.58. The summed E-state index contributed by atoms with van der Waals surface area (Å²) in [5, 5.41) is 2.94.